The summed E-state index contributed by atoms with van der Waals surface area (Å²) in [7, 11) is 3.10. The maximum absolute atomic E-state index is 13.1. The van der Waals surface area contributed by atoms with Crippen LogP contribution in [0.2, 0.25) is 0 Å². The van der Waals surface area contributed by atoms with Crippen molar-refractivity contribution >= 4 is 17.9 Å². The summed E-state index contributed by atoms with van der Waals surface area (Å²) in [5, 5.41) is 14.1. The van der Waals surface area contributed by atoms with E-state index in [9.17, 15) is 9.90 Å². The van der Waals surface area contributed by atoms with Crippen LogP contribution in [0.5, 0.6) is 17.2 Å². The first-order chi connectivity index (χ1) is 17.0. The van der Waals surface area contributed by atoms with Crippen molar-refractivity contribution in [2.75, 3.05) is 21.0 Å². The second kappa shape index (κ2) is 12.9. The summed E-state index contributed by atoms with van der Waals surface area (Å²) < 4.78 is 15.9. The Morgan fingerprint density at radius 2 is 1.86 bits per heavy atom. The molecule has 3 rings (SSSR count). The van der Waals surface area contributed by atoms with Crippen LogP contribution in [0, 0.1) is 5.92 Å². The van der Waals surface area contributed by atoms with E-state index in [0.29, 0.717) is 35.2 Å². The number of allylic oxidation sites excluding steroid dienone is 3. The van der Waals surface area contributed by atoms with Crippen molar-refractivity contribution in [1.82, 2.24) is 0 Å². The second-order valence-electron chi connectivity index (χ2n) is 8.09. The summed E-state index contributed by atoms with van der Waals surface area (Å²) >= 11 is 0. The molecule has 0 aliphatic heterocycles. The Kier molecular flexibility index (Phi) is 9.39. The Hall–Kier alpha value is -4.16. The topological polar surface area (TPSA) is 114 Å². The molecule has 8 heteroatoms. The second-order valence-corrected chi connectivity index (χ2v) is 8.09. The van der Waals surface area contributed by atoms with Crippen LogP contribution in [0.15, 0.2) is 71.1 Å². The molecule has 1 aliphatic rings. The van der Waals surface area contributed by atoms with Gasteiger partial charge in [-0.3, -0.25) is 4.79 Å². The average molecular weight is 476 g/mol. The lowest BCUT2D eigenvalue weighted by Gasteiger charge is -2.25. The number of azide groups is 1. The van der Waals surface area contributed by atoms with E-state index in [0.717, 1.165) is 30.4 Å². The van der Waals surface area contributed by atoms with E-state index in [-0.39, 0.29) is 18.3 Å². The third-order valence-corrected chi connectivity index (χ3v) is 5.81. The Balaban J connectivity index is 1.80. The summed E-state index contributed by atoms with van der Waals surface area (Å²) in [5.41, 5.74) is 10.4. The SMILES string of the molecule is COc1cccc(/C=C/C(O)=C(\CC2CCC2)C(=O)/C=C/c2ccc(OCN=[N+]=[N-])c(OC)c2)c1. The van der Waals surface area contributed by atoms with E-state index in [2.05, 4.69) is 10.0 Å². The van der Waals surface area contributed by atoms with Crippen molar-refractivity contribution in [2.45, 2.75) is 25.7 Å². The quantitative estimate of drug-likeness (QED) is 0.0922. The summed E-state index contributed by atoms with van der Waals surface area (Å²) in [6.45, 7) is -0.154. The number of aliphatic hydroxyl groups excluding tert-OH is 1. The predicted molar refractivity (Wildman–Crippen MR) is 135 cm³/mol. The zero-order chi connectivity index (χ0) is 25.0. The molecule has 0 saturated heterocycles. The van der Waals surface area contributed by atoms with Crippen LogP contribution in [0.25, 0.3) is 22.6 Å². The molecule has 0 amide bonds. The number of ether oxygens (including phenoxy) is 3. The molecular weight excluding hydrogens is 446 g/mol. The van der Waals surface area contributed by atoms with Gasteiger partial charge < -0.3 is 19.3 Å². The van der Waals surface area contributed by atoms with Gasteiger partial charge in [-0.25, -0.2) is 0 Å². The smallest absolute Gasteiger partial charge is 0.185 e. The normalized spacial score (nSPS) is 14.2. The van der Waals surface area contributed by atoms with Crippen LogP contribution in [0.3, 0.4) is 0 Å². The zero-order valence-electron chi connectivity index (χ0n) is 19.9. The van der Waals surface area contributed by atoms with Crippen molar-refractivity contribution in [3.05, 3.63) is 87.5 Å². The van der Waals surface area contributed by atoms with Gasteiger partial charge in [-0.15, -0.1) is 0 Å². The minimum absolute atomic E-state index is 0.0336. The molecule has 2 aromatic carbocycles. The summed E-state index contributed by atoms with van der Waals surface area (Å²) in [5.74, 6) is 1.72. The number of rotatable bonds is 12. The van der Waals surface area contributed by atoms with Crippen molar-refractivity contribution < 1.29 is 24.1 Å². The number of methoxy groups -OCH3 is 2. The highest BCUT2D eigenvalue weighted by molar-refractivity contribution is 6.07. The van der Waals surface area contributed by atoms with Gasteiger partial charge in [0.2, 0.25) is 0 Å². The standard InChI is InChI=1S/C27H29N3O5/c1-33-22-8-4-7-20(15-22)9-12-24(31)23(16-19-5-3-6-19)25(32)13-10-21-11-14-26(27(17-21)34-2)35-18-29-30-28/h4,7-15,17,19,31H,3,5-6,16,18H2,1-2H3/b12-9+,13-10+,24-23-. The van der Waals surface area contributed by atoms with Gasteiger partial charge in [-0.05, 0) is 65.4 Å². The number of hydrogen-bond acceptors (Lipinski definition) is 6. The van der Waals surface area contributed by atoms with Gasteiger partial charge in [-0.1, -0.05) is 54.7 Å². The third-order valence-electron chi connectivity index (χ3n) is 5.81. The molecule has 0 radical (unpaired) electrons. The maximum atomic E-state index is 13.1. The van der Waals surface area contributed by atoms with Gasteiger partial charge in [0.1, 0.15) is 11.5 Å². The first-order valence-electron chi connectivity index (χ1n) is 11.3. The molecule has 8 nitrogen and oxygen atoms in total. The first kappa shape index (κ1) is 25.5. The largest absolute Gasteiger partial charge is 0.508 e. The average Bonchev–Trinajstić information content (AvgIpc) is 2.86. The minimum atomic E-state index is -0.243. The molecule has 1 aliphatic carbocycles. The number of aliphatic hydroxyl groups is 1. The van der Waals surface area contributed by atoms with Crippen LogP contribution in [0.1, 0.15) is 36.8 Å². The van der Waals surface area contributed by atoms with Crippen molar-refractivity contribution in [3.8, 4) is 17.2 Å². The molecule has 2 aromatic rings. The molecular formula is C27H29N3O5. The molecule has 0 aromatic heterocycles. The Morgan fingerprint density at radius 1 is 1.09 bits per heavy atom. The molecule has 1 N–H and O–H groups in total. The number of carbonyl (C=O) groups excluding carboxylic acids is 1. The van der Waals surface area contributed by atoms with E-state index in [1.165, 1.54) is 13.2 Å². The highest BCUT2D eigenvalue weighted by atomic mass is 16.5. The predicted octanol–water partition coefficient (Wildman–Crippen LogP) is 6.65. The maximum Gasteiger partial charge on any atom is 0.185 e. The van der Waals surface area contributed by atoms with Crippen LogP contribution < -0.4 is 14.2 Å². The summed E-state index contributed by atoms with van der Waals surface area (Å²) in [6, 6.07) is 12.6. The van der Waals surface area contributed by atoms with Gasteiger partial charge >= 0.3 is 0 Å². The fourth-order valence-corrected chi connectivity index (χ4v) is 3.64. The van der Waals surface area contributed by atoms with Crippen molar-refractivity contribution in [1.29, 1.82) is 0 Å². The van der Waals surface area contributed by atoms with Crippen molar-refractivity contribution in [2.24, 2.45) is 11.0 Å². The van der Waals surface area contributed by atoms with Gasteiger partial charge in [0.05, 0.1) is 14.2 Å². The Labute approximate surface area is 204 Å². The highest BCUT2D eigenvalue weighted by Gasteiger charge is 2.23. The molecule has 0 spiro atoms. The van der Waals surface area contributed by atoms with Gasteiger partial charge in [-0.2, -0.15) is 0 Å². The van der Waals surface area contributed by atoms with Gasteiger partial charge in [0.15, 0.2) is 24.0 Å². The van der Waals surface area contributed by atoms with Gasteiger partial charge in [0.25, 0.3) is 0 Å². The highest BCUT2D eigenvalue weighted by Crippen LogP contribution is 2.34. The molecule has 1 fully saturated rings. The van der Waals surface area contributed by atoms with E-state index in [1.807, 2.05) is 24.3 Å². The monoisotopic (exact) mass is 475 g/mol. The minimum Gasteiger partial charge on any atom is -0.508 e. The lowest BCUT2D eigenvalue weighted by molar-refractivity contribution is -0.111. The number of nitrogens with zero attached hydrogens (tertiary/aromatic N) is 3. The molecule has 182 valence electrons. The Morgan fingerprint density at radius 3 is 2.54 bits per heavy atom. The Bertz CT molecular complexity index is 1180. The number of ketones is 1. The van der Waals surface area contributed by atoms with Crippen LogP contribution in [-0.4, -0.2) is 31.8 Å². The van der Waals surface area contributed by atoms with Crippen LogP contribution >= 0.6 is 0 Å². The van der Waals surface area contributed by atoms with Crippen LogP contribution in [-0.2, 0) is 4.79 Å². The lowest BCUT2D eigenvalue weighted by atomic mass is 9.79. The fourth-order valence-electron chi connectivity index (χ4n) is 3.64. The third kappa shape index (κ3) is 7.42. The van der Waals surface area contributed by atoms with Gasteiger partial charge in [0, 0.05) is 10.5 Å². The number of carbonyl (C=O) groups is 1. The van der Waals surface area contributed by atoms with E-state index < -0.39 is 0 Å². The van der Waals surface area contributed by atoms with Crippen molar-refractivity contribution in [3.63, 3.8) is 0 Å². The molecule has 0 heterocycles. The number of hydrogen-bond donors (Lipinski definition) is 1. The lowest BCUT2D eigenvalue weighted by Crippen LogP contribution is -2.15. The number of benzene rings is 2. The van der Waals surface area contributed by atoms with Crippen LogP contribution in [0.4, 0.5) is 0 Å². The molecule has 1 saturated carbocycles. The van der Waals surface area contributed by atoms with E-state index in [1.54, 1.807) is 43.5 Å². The zero-order valence-corrected chi connectivity index (χ0v) is 19.9. The summed E-state index contributed by atoms with van der Waals surface area (Å²) in [4.78, 5) is 15.7. The molecule has 0 unspecified atom stereocenters. The molecule has 35 heavy (non-hydrogen) atoms. The first-order valence-corrected chi connectivity index (χ1v) is 11.3. The summed E-state index contributed by atoms with van der Waals surface area (Å²) in [6.07, 6.45) is 10.2. The molecule has 0 bridgehead atoms. The van der Waals surface area contributed by atoms with E-state index >= 15 is 0 Å². The molecule has 0 atom stereocenters. The van der Waals surface area contributed by atoms with E-state index in [4.69, 9.17) is 19.7 Å². The fraction of sp³-hybridized carbons (Fsp3) is 0.296.